The van der Waals surface area contributed by atoms with E-state index < -0.39 is 17.6 Å². The van der Waals surface area contributed by atoms with Crippen molar-refractivity contribution in [2.24, 2.45) is 0 Å². The zero-order valence-corrected chi connectivity index (χ0v) is 15.7. The minimum absolute atomic E-state index is 0.0356. The highest BCUT2D eigenvalue weighted by atomic mass is 19.1. The van der Waals surface area contributed by atoms with Crippen LogP contribution in [0.1, 0.15) is 20.7 Å². The molecule has 0 bridgehead atoms. The lowest BCUT2D eigenvalue weighted by atomic mass is 10.1. The van der Waals surface area contributed by atoms with Crippen LogP contribution in [0.4, 0.5) is 15.8 Å². The molecule has 2 aromatic carbocycles. The van der Waals surface area contributed by atoms with Crippen LogP contribution in [-0.2, 0) is 0 Å². The molecule has 1 aromatic heterocycles. The zero-order chi connectivity index (χ0) is 20.8. The summed E-state index contributed by atoms with van der Waals surface area (Å²) in [7, 11) is 2.99. The summed E-state index contributed by atoms with van der Waals surface area (Å²) in [6, 6.07) is 12.1. The molecule has 148 valence electrons. The Bertz CT molecular complexity index is 1060. The largest absolute Gasteiger partial charge is 0.497 e. The second-order valence-electron chi connectivity index (χ2n) is 5.92. The molecule has 2 N–H and O–H groups in total. The van der Waals surface area contributed by atoms with Crippen molar-refractivity contribution in [1.29, 1.82) is 0 Å². The van der Waals surface area contributed by atoms with Crippen LogP contribution < -0.4 is 20.1 Å². The van der Waals surface area contributed by atoms with Gasteiger partial charge in [0.2, 0.25) is 0 Å². The zero-order valence-electron chi connectivity index (χ0n) is 15.7. The molecular formula is C21H18FN3O4. The molecule has 0 atom stereocenters. The molecule has 0 aliphatic rings. The first-order valence-electron chi connectivity index (χ1n) is 8.56. The lowest BCUT2D eigenvalue weighted by Crippen LogP contribution is -2.17. The maximum absolute atomic E-state index is 13.7. The average molecular weight is 395 g/mol. The van der Waals surface area contributed by atoms with E-state index in [2.05, 4.69) is 15.6 Å². The topological polar surface area (TPSA) is 89.6 Å². The van der Waals surface area contributed by atoms with Crippen LogP contribution in [0.3, 0.4) is 0 Å². The summed E-state index contributed by atoms with van der Waals surface area (Å²) in [6.07, 6.45) is 2.61. The van der Waals surface area contributed by atoms with Gasteiger partial charge in [-0.3, -0.25) is 14.6 Å². The van der Waals surface area contributed by atoms with Gasteiger partial charge in [0.1, 0.15) is 17.3 Å². The molecule has 0 aliphatic heterocycles. The van der Waals surface area contributed by atoms with Gasteiger partial charge in [-0.25, -0.2) is 4.39 Å². The number of hydrogen-bond acceptors (Lipinski definition) is 5. The molecule has 0 fully saturated rings. The normalized spacial score (nSPS) is 10.2. The number of pyridine rings is 1. The number of ether oxygens (including phenoxy) is 2. The second kappa shape index (κ2) is 8.83. The fourth-order valence-corrected chi connectivity index (χ4v) is 2.55. The summed E-state index contributed by atoms with van der Waals surface area (Å²) in [5.41, 5.74) is 0.695. The molecule has 0 radical (unpaired) electrons. The van der Waals surface area contributed by atoms with Gasteiger partial charge in [-0.2, -0.15) is 0 Å². The lowest BCUT2D eigenvalue weighted by Gasteiger charge is -2.12. The predicted octanol–water partition coefficient (Wildman–Crippen LogP) is 3.74. The highest BCUT2D eigenvalue weighted by Gasteiger charge is 2.15. The molecule has 8 heteroatoms. The molecule has 0 aliphatic carbocycles. The molecule has 0 saturated carbocycles. The molecular weight excluding hydrogens is 377 g/mol. The molecule has 7 nitrogen and oxygen atoms in total. The van der Waals surface area contributed by atoms with E-state index in [1.54, 1.807) is 24.3 Å². The smallest absolute Gasteiger partial charge is 0.257 e. The van der Waals surface area contributed by atoms with Gasteiger partial charge in [0, 0.05) is 18.5 Å². The summed E-state index contributed by atoms with van der Waals surface area (Å²) >= 11 is 0. The number of nitrogens with one attached hydrogen (secondary N) is 2. The monoisotopic (exact) mass is 395 g/mol. The van der Waals surface area contributed by atoms with Crippen LogP contribution >= 0.6 is 0 Å². The van der Waals surface area contributed by atoms with Crippen LogP contribution in [0.25, 0.3) is 0 Å². The van der Waals surface area contributed by atoms with Crippen LogP contribution in [0.2, 0.25) is 0 Å². The Balaban J connectivity index is 1.79. The average Bonchev–Trinajstić information content (AvgIpc) is 2.75. The number of aromatic nitrogens is 1. The Kier molecular flexibility index (Phi) is 6.03. The summed E-state index contributed by atoms with van der Waals surface area (Å²) in [5.74, 6) is -0.661. The summed E-state index contributed by atoms with van der Waals surface area (Å²) < 4.78 is 24.1. The Morgan fingerprint density at radius 2 is 1.52 bits per heavy atom. The van der Waals surface area contributed by atoms with E-state index in [9.17, 15) is 14.0 Å². The summed E-state index contributed by atoms with van der Waals surface area (Å²) in [4.78, 5) is 29.0. The Labute approximate surface area is 166 Å². The van der Waals surface area contributed by atoms with Gasteiger partial charge in [-0.05, 0) is 30.3 Å². The standard InChI is InChI=1S/C21H18FN3O4/c1-28-15-7-8-19(29-2)18(10-15)25-21(27)14-9-13(11-23-12-14)20(26)24-17-6-4-3-5-16(17)22/h3-12H,1-2H3,(H,24,26)(H,25,27). The number of hydrogen-bond donors (Lipinski definition) is 2. The molecule has 2 amide bonds. The van der Waals surface area contributed by atoms with Crippen molar-refractivity contribution in [1.82, 2.24) is 4.98 Å². The molecule has 0 spiro atoms. The number of benzene rings is 2. The van der Waals surface area contributed by atoms with E-state index in [1.165, 1.54) is 50.9 Å². The highest BCUT2D eigenvalue weighted by Crippen LogP contribution is 2.29. The van der Waals surface area contributed by atoms with Crippen LogP contribution in [-0.4, -0.2) is 31.0 Å². The molecule has 29 heavy (non-hydrogen) atoms. The van der Waals surface area contributed by atoms with Crippen molar-refractivity contribution in [3.8, 4) is 11.5 Å². The first kappa shape index (κ1) is 19.8. The highest BCUT2D eigenvalue weighted by molar-refractivity contribution is 6.08. The van der Waals surface area contributed by atoms with E-state index >= 15 is 0 Å². The number of amides is 2. The molecule has 3 rings (SSSR count). The minimum Gasteiger partial charge on any atom is -0.497 e. The van der Waals surface area contributed by atoms with Gasteiger partial charge in [0.15, 0.2) is 0 Å². The minimum atomic E-state index is -0.587. The molecule has 0 unspecified atom stereocenters. The van der Waals surface area contributed by atoms with E-state index in [4.69, 9.17) is 9.47 Å². The van der Waals surface area contributed by atoms with Crippen LogP contribution in [0, 0.1) is 5.82 Å². The Hall–Kier alpha value is -3.94. The predicted molar refractivity (Wildman–Crippen MR) is 106 cm³/mol. The quantitative estimate of drug-likeness (QED) is 0.664. The number of nitrogens with zero attached hydrogens (tertiary/aromatic N) is 1. The SMILES string of the molecule is COc1ccc(OC)c(NC(=O)c2cncc(C(=O)Nc3ccccc3F)c2)c1. The third-order valence-corrected chi connectivity index (χ3v) is 4.04. The third-order valence-electron chi connectivity index (χ3n) is 4.04. The third kappa shape index (κ3) is 4.67. The van der Waals surface area contributed by atoms with Gasteiger partial charge < -0.3 is 20.1 Å². The number of anilines is 2. The second-order valence-corrected chi connectivity index (χ2v) is 5.92. The van der Waals surface area contributed by atoms with Gasteiger partial charge >= 0.3 is 0 Å². The fraction of sp³-hybridized carbons (Fsp3) is 0.0952. The van der Waals surface area contributed by atoms with Gasteiger partial charge in [-0.1, -0.05) is 12.1 Å². The van der Waals surface area contributed by atoms with E-state index in [0.717, 1.165) is 0 Å². The molecule has 1 heterocycles. The van der Waals surface area contributed by atoms with Crippen molar-refractivity contribution >= 4 is 23.2 Å². The van der Waals surface area contributed by atoms with Crippen LogP contribution in [0.5, 0.6) is 11.5 Å². The van der Waals surface area contributed by atoms with Crippen molar-refractivity contribution in [2.75, 3.05) is 24.9 Å². The number of carbonyl (C=O) groups is 2. The van der Waals surface area contributed by atoms with E-state index in [1.807, 2.05) is 0 Å². The maximum atomic E-state index is 13.7. The summed E-state index contributed by atoms with van der Waals surface area (Å²) in [6.45, 7) is 0. The van der Waals surface area contributed by atoms with Crippen molar-refractivity contribution in [3.63, 3.8) is 0 Å². The number of rotatable bonds is 6. The van der Waals surface area contributed by atoms with Crippen molar-refractivity contribution in [3.05, 3.63) is 77.9 Å². The van der Waals surface area contributed by atoms with E-state index in [0.29, 0.717) is 17.2 Å². The first-order valence-corrected chi connectivity index (χ1v) is 8.56. The number of methoxy groups -OCH3 is 2. The van der Waals surface area contributed by atoms with E-state index in [-0.39, 0.29) is 16.8 Å². The summed E-state index contributed by atoms with van der Waals surface area (Å²) in [5, 5.41) is 5.16. The maximum Gasteiger partial charge on any atom is 0.257 e. The van der Waals surface area contributed by atoms with Gasteiger partial charge in [0.25, 0.3) is 11.8 Å². The number of halogens is 1. The number of carbonyl (C=O) groups excluding carboxylic acids is 2. The molecule has 0 saturated heterocycles. The lowest BCUT2D eigenvalue weighted by molar-refractivity contribution is 0.102. The fourth-order valence-electron chi connectivity index (χ4n) is 2.55. The van der Waals surface area contributed by atoms with Crippen molar-refractivity contribution in [2.45, 2.75) is 0 Å². The van der Waals surface area contributed by atoms with Gasteiger partial charge in [0.05, 0.1) is 36.7 Å². The number of para-hydroxylation sites is 1. The van der Waals surface area contributed by atoms with Crippen LogP contribution in [0.15, 0.2) is 60.9 Å². The van der Waals surface area contributed by atoms with Crippen molar-refractivity contribution < 1.29 is 23.5 Å². The molecule has 3 aromatic rings. The first-order chi connectivity index (χ1) is 14.0. The van der Waals surface area contributed by atoms with Gasteiger partial charge in [-0.15, -0.1) is 0 Å². The Morgan fingerprint density at radius 3 is 2.14 bits per heavy atom. The Morgan fingerprint density at radius 1 is 0.862 bits per heavy atom.